The Morgan fingerprint density at radius 2 is 1.93 bits per heavy atom. The standard InChI is InChI=1S/C12H15ClO/c13-12(9-5-4-8-11(12)14)10-6-2-1-3-7-10/h1-3,6-7,11,14H,4-5,8-9H2/t11-,12+/m1/s1. The van der Waals surface area contributed by atoms with Crippen molar-refractivity contribution in [2.24, 2.45) is 0 Å². The summed E-state index contributed by atoms with van der Waals surface area (Å²) in [6, 6.07) is 9.92. The van der Waals surface area contributed by atoms with Crippen molar-refractivity contribution in [3.63, 3.8) is 0 Å². The molecule has 0 aromatic heterocycles. The summed E-state index contributed by atoms with van der Waals surface area (Å²) >= 11 is 6.50. The molecular weight excluding hydrogens is 196 g/mol. The third kappa shape index (κ3) is 1.67. The molecule has 1 fully saturated rings. The molecule has 76 valence electrons. The monoisotopic (exact) mass is 210 g/mol. The van der Waals surface area contributed by atoms with Crippen LogP contribution in [0.1, 0.15) is 31.2 Å². The molecule has 0 bridgehead atoms. The minimum atomic E-state index is -0.542. The van der Waals surface area contributed by atoms with E-state index in [1.165, 1.54) is 0 Å². The van der Waals surface area contributed by atoms with E-state index in [0.717, 1.165) is 31.2 Å². The summed E-state index contributed by atoms with van der Waals surface area (Å²) in [5, 5.41) is 9.95. The van der Waals surface area contributed by atoms with Gasteiger partial charge in [-0.2, -0.15) is 0 Å². The van der Waals surface area contributed by atoms with Crippen molar-refractivity contribution in [1.82, 2.24) is 0 Å². The van der Waals surface area contributed by atoms with Crippen LogP contribution in [0.3, 0.4) is 0 Å². The van der Waals surface area contributed by atoms with Gasteiger partial charge in [-0.05, 0) is 18.4 Å². The zero-order valence-electron chi connectivity index (χ0n) is 8.12. The average molecular weight is 211 g/mol. The van der Waals surface area contributed by atoms with Crippen molar-refractivity contribution in [2.45, 2.75) is 36.7 Å². The molecule has 1 aromatic rings. The molecule has 0 radical (unpaired) electrons. The molecule has 14 heavy (non-hydrogen) atoms. The summed E-state index contributed by atoms with van der Waals surface area (Å²) in [5.41, 5.74) is 1.05. The molecule has 1 saturated carbocycles. The van der Waals surface area contributed by atoms with Crippen molar-refractivity contribution >= 4 is 11.6 Å². The molecule has 0 unspecified atom stereocenters. The molecule has 1 aliphatic carbocycles. The first-order valence-electron chi connectivity index (χ1n) is 5.16. The Morgan fingerprint density at radius 3 is 2.57 bits per heavy atom. The molecule has 2 rings (SSSR count). The zero-order chi connectivity index (χ0) is 10.0. The minimum absolute atomic E-state index is 0.402. The Labute approximate surface area is 89.7 Å². The van der Waals surface area contributed by atoms with Gasteiger partial charge in [0.2, 0.25) is 0 Å². The first-order chi connectivity index (χ1) is 6.73. The zero-order valence-corrected chi connectivity index (χ0v) is 8.87. The van der Waals surface area contributed by atoms with E-state index in [-0.39, 0.29) is 0 Å². The molecule has 1 N–H and O–H groups in total. The van der Waals surface area contributed by atoms with Crippen molar-refractivity contribution < 1.29 is 5.11 Å². The summed E-state index contributed by atoms with van der Waals surface area (Å²) in [7, 11) is 0. The van der Waals surface area contributed by atoms with E-state index < -0.39 is 11.0 Å². The smallest absolute Gasteiger partial charge is 0.0953 e. The number of alkyl halides is 1. The van der Waals surface area contributed by atoms with Gasteiger partial charge in [-0.25, -0.2) is 0 Å². The lowest BCUT2D eigenvalue weighted by Crippen LogP contribution is -2.37. The van der Waals surface area contributed by atoms with E-state index in [4.69, 9.17) is 11.6 Å². The highest BCUT2D eigenvalue weighted by Gasteiger charge is 2.39. The lowest BCUT2D eigenvalue weighted by atomic mass is 9.81. The van der Waals surface area contributed by atoms with E-state index in [9.17, 15) is 5.11 Å². The number of halogens is 1. The summed E-state index contributed by atoms with van der Waals surface area (Å²) in [6.45, 7) is 0. The number of aliphatic hydroxyl groups excluding tert-OH is 1. The molecule has 0 heterocycles. The van der Waals surface area contributed by atoms with Crippen LogP contribution >= 0.6 is 11.6 Å². The molecule has 0 saturated heterocycles. The first-order valence-corrected chi connectivity index (χ1v) is 5.54. The van der Waals surface area contributed by atoms with Crippen LogP contribution in [0.4, 0.5) is 0 Å². The van der Waals surface area contributed by atoms with Gasteiger partial charge in [0.25, 0.3) is 0 Å². The quantitative estimate of drug-likeness (QED) is 0.707. The molecule has 2 atom stereocenters. The SMILES string of the molecule is O[C@@H]1CCCC[C@]1(Cl)c1ccccc1. The highest BCUT2D eigenvalue weighted by Crippen LogP contribution is 2.42. The van der Waals surface area contributed by atoms with Gasteiger partial charge < -0.3 is 5.11 Å². The van der Waals surface area contributed by atoms with Crippen LogP contribution in [-0.2, 0) is 4.87 Å². The summed E-state index contributed by atoms with van der Waals surface area (Å²) < 4.78 is 0. The maximum atomic E-state index is 9.95. The fourth-order valence-corrected chi connectivity index (χ4v) is 2.54. The highest BCUT2D eigenvalue weighted by atomic mass is 35.5. The second-order valence-corrected chi connectivity index (χ2v) is 4.66. The van der Waals surface area contributed by atoms with E-state index >= 15 is 0 Å². The Hall–Kier alpha value is -0.530. The Bertz CT molecular complexity index is 298. The van der Waals surface area contributed by atoms with Crippen molar-refractivity contribution in [3.05, 3.63) is 35.9 Å². The van der Waals surface area contributed by atoms with Crippen molar-refractivity contribution in [2.75, 3.05) is 0 Å². The predicted octanol–water partition coefficient (Wildman–Crippen LogP) is 3.06. The van der Waals surface area contributed by atoms with Gasteiger partial charge in [-0.15, -0.1) is 11.6 Å². The number of aliphatic hydroxyl groups is 1. The minimum Gasteiger partial charge on any atom is -0.391 e. The van der Waals surface area contributed by atoms with E-state index in [0.29, 0.717) is 0 Å². The Balaban J connectivity index is 2.30. The van der Waals surface area contributed by atoms with Gasteiger partial charge >= 0.3 is 0 Å². The van der Waals surface area contributed by atoms with Crippen LogP contribution in [0.5, 0.6) is 0 Å². The van der Waals surface area contributed by atoms with Gasteiger partial charge in [-0.1, -0.05) is 43.2 Å². The third-order valence-electron chi connectivity index (χ3n) is 3.05. The fourth-order valence-electron chi connectivity index (χ4n) is 2.17. The van der Waals surface area contributed by atoms with Gasteiger partial charge in [0.1, 0.15) is 0 Å². The molecule has 2 heteroatoms. The molecule has 0 amide bonds. The summed E-state index contributed by atoms with van der Waals surface area (Å²) in [4.78, 5) is -0.542. The van der Waals surface area contributed by atoms with Crippen LogP contribution in [0, 0.1) is 0 Å². The number of hydrogen-bond donors (Lipinski definition) is 1. The van der Waals surface area contributed by atoms with Crippen molar-refractivity contribution in [1.29, 1.82) is 0 Å². The third-order valence-corrected chi connectivity index (χ3v) is 3.71. The van der Waals surface area contributed by atoms with Gasteiger partial charge in [-0.3, -0.25) is 0 Å². The lowest BCUT2D eigenvalue weighted by Gasteiger charge is -2.36. The molecular formula is C12H15ClO. The van der Waals surface area contributed by atoms with Crippen LogP contribution in [0.15, 0.2) is 30.3 Å². The second kappa shape index (κ2) is 3.92. The number of benzene rings is 1. The normalized spacial score (nSPS) is 32.9. The van der Waals surface area contributed by atoms with E-state index in [2.05, 4.69) is 0 Å². The maximum absolute atomic E-state index is 9.95. The second-order valence-electron chi connectivity index (χ2n) is 3.99. The first kappa shape index (κ1) is 10.0. The predicted molar refractivity (Wildman–Crippen MR) is 58.4 cm³/mol. The molecule has 0 spiro atoms. The molecule has 1 aromatic carbocycles. The topological polar surface area (TPSA) is 20.2 Å². The molecule has 0 aliphatic heterocycles. The van der Waals surface area contributed by atoms with Crippen LogP contribution < -0.4 is 0 Å². The van der Waals surface area contributed by atoms with Crippen LogP contribution in [0.25, 0.3) is 0 Å². The number of rotatable bonds is 1. The van der Waals surface area contributed by atoms with E-state index in [1.807, 2.05) is 30.3 Å². The maximum Gasteiger partial charge on any atom is 0.0953 e. The van der Waals surface area contributed by atoms with Gasteiger partial charge in [0.15, 0.2) is 0 Å². The highest BCUT2D eigenvalue weighted by molar-refractivity contribution is 6.24. The van der Waals surface area contributed by atoms with E-state index in [1.54, 1.807) is 0 Å². The van der Waals surface area contributed by atoms with Gasteiger partial charge in [0.05, 0.1) is 11.0 Å². The van der Waals surface area contributed by atoms with Gasteiger partial charge in [0, 0.05) is 0 Å². The fraction of sp³-hybridized carbons (Fsp3) is 0.500. The summed E-state index contributed by atoms with van der Waals surface area (Å²) in [5.74, 6) is 0. The van der Waals surface area contributed by atoms with Crippen molar-refractivity contribution in [3.8, 4) is 0 Å². The Morgan fingerprint density at radius 1 is 1.21 bits per heavy atom. The number of hydrogen-bond acceptors (Lipinski definition) is 1. The average Bonchev–Trinajstić information content (AvgIpc) is 2.24. The Kier molecular flexibility index (Phi) is 2.80. The summed E-state index contributed by atoms with van der Waals surface area (Å²) in [6.07, 6.45) is 3.48. The molecule has 1 nitrogen and oxygen atoms in total. The van der Waals surface area contributed by atoms with Crippen LogP contribution in [0.2, 0.25) is 0 Å². The van der Waals surface area contributed by atoms with Crippen LogP contribution in [-0.4, -0.2) is 11.2 Å². The lowest BCUT2D eigenvalue weighted by molar-refractivity contribution is 0.0855. The largest absolute Gasteiger partial charge is 0.391 e. The molecule has 1 aliphatic rings.